The number of hydrogen-bond donors (Lipinski definition) is 0. The highest BCUT2D eigenvalue weighted by Gasteiger charge is 2.41. The van der Waals surface area contributed by atoms with Gasteiger partial charge in [-0.25, -0.2) is 0 Å². The fourth-order valence-corrected chi connectivity index (χ4v) is 4.69. The summed E-state index contributed by atoms with van der Waals surface area (Å²) in [4.78, 5) is 14.8. The summed E-state index contributed by atoms with van der Waals surface area (Å²) in [5.41, 5.74) is 3.40. The molecule has 1 fully saturated rings. The van der Waals surface area contributed by atoms with Crippen molar-refractivity contribution in [3.63, 3.8) is 0 Å². The lowest BCUT2D eigenvalue weighted by Crippen LogP contribution is -2.35. The number of rotatable bonds is 5. The minimum absolute atomic E-state index is 0.0424. The number of hydrogen-bond acceptors (Lipinski definition) is 3. The summed E-state index contributed by atoms with van der Waals surface area (Å²) in [5.74, 6) is 0.140. The maximum Gasteiger partial charge on any atom is 0.242 e. The molecular weight excluding hydrogens is 334 g/mol. The molecule has 0 N–H and O–H groups in total. The van der Waals surface area contributed by atoms with Gasteiger partial charge in [0.1, 0.15) is 4.32 Å². The molecule has 0 aromatic heterocycles. The zero-order valence-electron chi connectivity index (χ0n) is 13.9. The fourth-order valence-electron chi connectivity index (χ4n) is 3.03. The largest absolute Gasteiger partial charge is 0.285 e. The van der Waals surface area contributed by atoms with Crippen LogP contribution in [-0.4, -0.2) is 20.4 Å². The summed E-state index contributed by atoms with van der Waals surface area (Å²) in [5, 5.41) is -0.0424. The summed E-state index contributed by atoms with van der Waals surface area (Å²) in [6.45, 7) is 4.17. The Balaban J connectivity index is 2.03. The van der Waals surface area contributed by atoms with Crippen LogP contribution in [-0.2, 0) is 4.79 Å². The van der Waals surface area contributed by atoms with Crippen LogP contribution in [0.5, 0.6) is 0 Å². The predicted molar refractivity (Wildman–Crippen MR) is 105 cm³/mol. The lowest BCUT2D eigenvalue weighted by molar-refractivity contribution is -0.127. The molecule has 3 rings (SSSR count). The molecule has 2 nitrogen and oxygen atoms in total. The van der Waals surface area contributed by atoms with Crippen LogP contribution >= 0.6 is 24.0 Å². The van der Waals surface area contributed by atoms with Crippen LogP contribution in [0.3, 0.4) is 0 Å². The van der Waals surface area contributed by atoms with Crippen molar-refractivity contribution in [2.75, 3.05) is 0 Å². The van der Waals surface area contributed by atoms with Crippen LogP contribution in [0, 0.1) is 6.92 Å². The van der Waals surface area contributed by atoms with E-state index in [0.29, 0.717) is 4.32 Å². The Kier molecular flexibility index (Phi) is 5.36. The van der Waals surface area contributed by atoms with Gasteiger partial charge in [0.05, 0.1) is 11.3 Å². The van der Waals surface area contributed by atoms with Gasteiger partial charge in [-0.15, -0.1) is 0 Å². The van der Waals surface area contributed by atoms with Gasteiger partial charge in [-0.2, -0.15) is 0 Å². The molecule has 1 saturated heterocycles. The van der Waals surface area contributed by atoms with Gasteiger partial charge in [-0.05, 0) is 24.5 Å². The highest BCUT2D eigenvalue weighted by atomic mass is 32.2. The summed E-state index contributed by atoms with van der Waals surface area (Å²) < 4.78 is 0.688. The molecule has 1 amide bonds. The van der Waals surface area contributed by atoms with E-state index in [0.717, 1.165) is 24.0 Å². The first kappa shape index (κ1) is 17.2. The Morgan fingerprint density at radius 3 is 2.33 bits per heavy atom. The summed E-state index contributed by atoms with van der Waals surface area (Å²) >= 11 is 7.11. The number of carbonyl (C=O) groups is 1. The van der Waals surface area contributed by atoms with Crippen molar-refractivity contribution in [2.24, 2.45) is 0 Å². The van der Waals surface area contributed by atoms with Gasteiger partial charge in [0, 0.05) is 0 Å². The summed E-state index contributed by atoms with van der Waals surface area (Å²) in [6, 6.07) is 18.4. The zero-order chi connectivity index (χ0) is 17.1. The SMILES string of the molecule is CCCC1SC(=S)N(C(c2ccccc2)c2ccc(C)cc2)C1=O. The van der Waals surface area contributed by atoms with Crippen LogP contribution in [0.25, 0.3) is 0 Å². The van der Waals surface area contributed by atoms with Crippen molar-refractivity contribution in [1.82, 2.24) is 4.90 Å². The molecule has 2 unspecified atom stereocenters. The van der Waals surface area contributed by atoms with E-state index < -0.39 is 0 Å². The van der Waals surface area contributed by atoms with E-state index >= 15 is 0 Å². The minimum Gasteiger partial charge on any atom is -0.285 e. The molecule has 2 aromatic rings. The van der Waals surface area contributed by atoms with Crippen LogP contribution in [0.4, 0.5) is 0 Å². The Hall–Kier alpha value is -1.65. The van der Waals surface area contributed by atoms with Crippen molar-refractivity contribution in [2.45, 2.75) is 38.0 Å². The topological polar surface area (TPSA) is 20.3 Å². The van der Waals surface area contributed by atoms with Crippen molar-refractivity contribution in [1.29, 1.82) is 0 Å². The van der Waals surface area contributed by atoms with Crippen LogP contribution in [0.2, 0.25) is 0 Å². The van der Waals surface area contributed by atoms with Crippen molar-refractivity contribution in [3.8, 4) is 0 Å². The number of aryl methyl sites for hydroxylation is 1. The van der Waals surface area contributed by atoms with Crippen LogP contribution in [0.15, 0.2) is 54.6 Å². The molecule has 2 aromatic carbocycles. The highest BCUT2D eigenvalue weighted by molar-refractivity contribution is 8.24. The first-order valence-corrected chi connectivity index (χ1v) is 9.55. The zero-order valence-corrected chi connectivity index (χ0v) is 15.6. The number of carbonyl (C=O) groups excluding carboxylic acids is 1. The second-order valence-corrected chi connectivity index (χ2v) is 7.93. The normalized spacial score (nSPS) is 18.9. The Morgan fingerprint density at radius 1 is 1.08 bits per heavy atom. The van der Waals surface area contributed by atoms with Crippen LogP contribution < -0.4 is 0 Å². The average molecular weight is 356 g/mol. The van der Waals surface area contributed by atoms with Gasteiger partial charge in [0.25, 0.3) is 0 Å². The third-order valence-electron chi connectivity index (χ3n) is 4.27. The quantitative estimate of drug-likeness (QED) is 0.695. The first-order chi connectivity index (χ1) is 11.6. The fraction of sp³-hybridized carbons (Fsp3) is 0.300. The third-order valence-corrected chi connectivity index (χ3v) is 5.88. The van der Waals surface area contributed by atoms with Crippen molar-refractivity contribution in [3.05, 3.63) is 71.3 Å². The molecule has 24 heavy (non-hydrogen) atoms. The second kappa shape index (κ2) is 7.49. The first-order valence-electron chi connectivity index (χ1n) is 8.27. The smallest absolute Gasteiger partial charge is 0.242 e. The lowest BCUT2D eigenvalue weighted by atomic mass is 9.96. The van der Waals surface area contributed by atoms with Gasteiger partial charge in [-0.1, -0.05) is 97.5 Å². The van der Waals surface area contributed by atoms with E-state index in [1.807, 2.05) is 23.1 Å². The molecule has 2 atom stereocenters. The number of benzene rings is 2. The molecule has 1 aliphatic rings. The molecule has 0 saturated carbocycles. The molecule has 4 heteroatoms. The maximum atomic E-state index is 13.0. The molecular formula is C20H21NOS2. The van der Waals surface area contributed by atoms with Gasteiger partial charge in [0.2, 0.25) is 5.91 Å². The van der Waals surface area contributed by atoms with Crippen molar-refractivity contribution < 1.29 is 4.79 Å². The molecule has 124 valence electrons. The number of nitrogens with zero attached hydrogens (tertiary/aromatic N) is 1. The van der Waals surface area contributed by atoms with Gasteiger partial charge < -0.3 is 0 Å². The Labute approximate surface area is 153 Å². The second-order valence-electron chi connectivity index (χ2n) is 6.09. The lowest BCUT2D eigenvalue weighted by Gasteiger charge is -2.28. The van der Waals surface area contributed by atoms with Crippen molar-refractivity contribution >= 4 is 34.2 Å². The summed E-state index contributed by atoms with van der Waals surface area (Å²) in [7, 11) is 0. The monoisotopic (exact) mass is 355 g/mol. The maximum absolute atomic E-state index is 13.0. The summed E-state index contributed by atoms with van der Waals surface area (Å²) in [6.07, 6.45) is 1.86. The van der Waals surface area contributed by atoms with E-state index in [1.54, 1.807) is 0 Å². The molecule has 0 spiro atoms. The Bertz CT molecular complexity index is 727. The molecule has 1 aliphatic heterocycles. The highest BCUT2D eigenvalue weighted by Crippen LogP contribution is 2.39. The predicted octanol–water partition coefficient (Wildman–Crippen LogP) is 5.11. The van der Waals surface area contributed by atoms with Gasteiger partial charge in [0.15, 0.2) is 0 Å². The van der Waals surface area contributed by atoms with E-state index in [4.69, 9.17) is 12.2 Å². The van der Waals surface area contributed by atoms with E-state index in [9.17, 15) is 4.79 Å². The standard InChI is InChI=1S/C20H21NOS2/c1-3-7-17-19(22)21(20(23)24-17)18(15-8-5-4-6-9-15)16-12-10-14(2)11-13-16/h4-6,8-13,17-18H,3,7H2,1-2H3. The minimum atomic E-state index is -0.152. The molecule has 0 radical (unpaired) electrons. The van der Waals surface area contributed by atoms with Gasteiger partial charge in [-0.3, -0.25) is 9.69 Å². The van der Waals surface area contributed by atoms with E-state index in [1.165, 1.54) is 17.3 Å². The molecule has 1 heterocycles. The van der Waals surface area contributed by atoms with E-state index in [-0.39, 0.29) is 17.2 Å². The van der Waals surface area contributed by atoms with E-state index in [2.05, 4.69) is 50.2 Å². The molecule has 0 bridgehead atoms. The number of thioether (sulfide) groups is 1. The van der Waals surface area contributed by atoms with Crippen LogP contribution in [0.1, 0.15) is 42.5 Å². The Morgan fingerprint density at radius 2 is 1.71 bits per heavy atom. The third kappa shape index (κ3) is 3.40. The number of amides is 1. The van der Waals surface area contributed by atoms with Gasteiger partial charge >= 0.3 is 0 Å². The molecule has 0 aliphatic carbocycles. The number of thiocarbonyl (C=S) groups is 1. The average Bonchev–Trinajstić information content (AvgIpc) is 2.86.